The molecular formula is C20H27N3O2. The Labute approximate surface area is 150 Å². The van der Waals surface area contributed by atoms with Crippen LogP contribution in [0.3, 0.4) is 0 Å². The molecule has 0 bridgehead atoms. The maximum Gasteiger partial charge on any atom is 0.261 e. The summed E-state index contributed by atoms with van der Waals surface area (Å²) in [5, 5.41) is 2.89. The topological polar surface area (TPSA) is 54.5 Å². The number of ether oxygens (including phenoxy) is 1. The van der Waals surface area contributed by atoms with Gasteiger partial charge in [-0.2, -0.15) is 0 Å². The fourth-order valence-corrected chi connectivity index (χ4v) is 2.32. The van der Waals surface area contributed by atoms with E-state index in [0.717, 1.165) is 11.4 Å². The van der Waals surface area contributed by atoms with Gasteiger partial charge in [-0.15, -0.1) is 0 Å². The number of carbonyl (C=O) groups is 1. The number of nitrogens with zero attached hydrogens (tertiary/aromatic N) is 2. The van der Waals surface area contributed by atoms with Crippen molar-refractivity contribution in [2.45, 2.75) is 39.3 Å². The molecule has 0 aliphatic heterocycles. The van der Waals surface area contributed by atoms with Crippen LogP contribution in [-0.4, -0.2) is 31.1 Å². The van der Waals surface area contributed by atoms with Crippen LogP contribution in [0.15, 0.2) is 42.6 Å². The number of pyridine rings is 1. The summed E-state index contributed by atoms with van der Waals surface area (Å²) < 4.78 is 5.77. The van der Waals surface area contributed by atoms with Gasteiger partial charge in [-0.3, -0.25) is 4.79 Å². The standard InChI is InChI=1S/C20H27N3O2/c1-14(2)17-7-6-8-18(11-17)25-15(3)20(24)22-13-16-9-10-19(21-12-16)23(4)5/h6-12,14-15H,13H2,1-5H3,(H,22,24). The van der Waals surface area contributed by atoms with E-state index in [-0.39, 0.29) is 5.91 Å². The van der Waals surface area contributed by atoms with Gasteiger partial charge in [0, 0.05) is 26.8 Å². The van der Waals surface area contributed by atoms with Gasteiger partial charge in [0.25, 0.3) is 5.91 Å². The number of aromatic nitrogens is 1. The number of rotatable bonds is 7. The Morgan fingerprint density at radius 1 is 1.20 bits per heavy atom. The van der Waals surface area contributed by atoms with Crippen LogP contribution in [0.4, 0.5) is 5.82 Å². The lowest BCUT2D eigenvalue weighted by atomic mass is 10.0. The Kier molecular flexibility index (Phi) is 6.39. The molecule has 5 heteroatoms. The summed E-state index contributed by atoms with van der Waals surface area (Å²) in [6.45, 7) is 6.44. The number of hydrogen-bond acceptors (Lipinski definition) is 4. The van der Waals surface area contributed by atoms with E-state index in [2.05, 4.69) is 30.2 Å². The number of benzene rings is 1. The van der Waals surface area contributed by atoms with E-state index in [1.807, 2.05) is 49.3 Å². The summed E-state index contributed by atoms with van der Waals surface area (Å²) in [5.41, 5.74) is 2.14. The lowest BCUT2D eigenvalue weighted by Crippen LogP contribution is -2.35. The van der Waals surface area contributed by atoms with E-state index in [1.165, 1.54) is 5.56 Å². The maximum absolute atomic E-state index is 12.2. The van der Waals surface area contributed by atoms with Gasteiger partial charge in [-0.1, -0.05) is 32.0 Å². The van der Waals surface area contributed by atoms with Crippen molar-refractivity contribution < 1.29 is 9.53 Å². The van der Waals surface area contributed by atoms with Crippen molar-refractivity contribution in [3.63, 3.8) is 0 Å². The largest absolute Gasteiger partial charge is 0.481 e. The molecule has 0 aliphatic rings. The van der Waals surface area contributed by atoms with Crippen LogP contribution in [0.1, 0.15) is 37.8 Å². The van der Waals surface area contributed by atoms with Crippen LogP contribution >= 0.6 is 0 Å². The molecule has 1 aromatic carbocycles. The van der Waals surface area contributed by atoms with Crippen LogP contribution in [0.25, 0.3) is 0 Å². The molecule has 1 heterocycles. The molecule has 2 aromatic rings. The van der Waals surface area contributed by atoms with Crippen LogP contribution in [0.2, 0.25) is 0 Å². The minimum absolute atomic E-state index is 0.147. The van der Waals surface area contributed by atoms with E-state index < -0.39 is 6.10 Å². The number of amides is 1. The van der Waals surface area contributed by atoms with Gasteiger partial charge in [-0.05, 0) is 42.2 Å². The molecule has 0 saturated carbocycles. The van der Waals surface area contributed by atoms with E-state index in [1.54, 1.807) is 13.1 Å². The van der Waals surface area contributed by atoms with Crippen molar-refractivity contribution in [1.29, 1.82) is 0 Å². The first-order chi connectivity index (χ1) is 11.9. The van der Waals surface area contributed by atoms with Crippen molar-refractivity contribution in [2.24, 2.45) is 0 Å². The van der Waals surface area contributed by atoms with Gasteiger partial charge in [-0.25, -0.2) is 4.98 Å². The van der Waals surface area contributed by atoms with Crippen LogP contribution in [0.5, 0.6) is 5.75 Å². The first-order valence-electron chi connectivity index (χ1n) is 8.53. The molecule has 0 aliphatic carbocycles. The molecule has 1 amide bonds. The molecule has 0 radical (unpaired) electrons. The second-order valence-electron chi connectivity index (χ2n) is 6.62. The lowest BCUT2D eigenvalue weighted by molar-refractivity contribution is -0.127. The van der Waals surface area contributed by atoms with Gasteiger partial charge < -0.3 is 15.0 Å². The predicted octanol–water partition coefficient (Wildman–Crippen LogP) is 3.35. The lowest BCUT2D eigenvalue weighted by Gasteiger charge is -2.16. The molecule has 25 heavy (non-hydrogen) atoms. The Hall–Kier alpha value is -2.56. The van der Waals surface area contributed by atoms with Gasteiger partial charge in [0.1, 0.15) is 11.6 Å². The third kappa shape index (κ3) is 5.48. The zero-order valence-corrected chi connectivity index (χ0v) is 15.6. The second-order valence-corrected chi connectivity index (χ2v) is 6.62. The van der Waals surface area contributed by atoms with E-state index in [9.17, 15) is 4.79 Å². The molecule has 1 unspecified atom stereocenters. The van der Waals surface area contributed by atoms with Crippen molar-refractivity contribution in [1.82, 2.24) is 10.3 Å². The van der Waals surface area contributed by atoms with Crippen LogP contribution in [-0.2, 0) is 11.3 Å². The Morgan fingerprint density at radius 3 is 2.56 bits per heavy atom. The van der Waals surface area contributed by atoms with E-state index in [0.29, 0.717) is 18.2 Å². The maximum atomic E-state index is 12.2. The quantitative estimate of drug-likeness (QED) is 0.839. The van der Waals surface area contributed by atoms with Gasteiger partial charge in [0.2, 0.25) is 0 Å². The van der Waals surface area contributed by atoms with Gasteiger partial charge in [0.05, 0.1) is 0 Å². The summed E-state index contributed by atoms with van der Waals surface area (Å²) >= 11 is 0. The van der Waals surface area contributed by atoms with Gasteiger partial charge in [0.15, 0.2) is 6.10 Å². The Bertz CT molecular complexity index is 696. The SMILES string of the molecule is CC(Oc1cccc(C(C)C)c1)C(=O)NCc1ccc(N(C)C)nc1. The highest BCUT2D eigenvalue weighted by Crippen LogP contribution is 2.21. The highest BCUT2D eigenvalue weighted by molar-refractivity contribution is 5.80. The summed E-state index contributed by atoms with van der Waals surface area (Å²) in [7, 11) is 3.88. The fraction of sp³-hybridized carbons (Fsp3) is 0.400. The number of nitrogens with one attached hydrogen (secondary N) is 1. The van der Waals surface area contributed by atoms with Crippen LogP contribution < -0.4 is 15.0 Å². The third-order valence-corrected chi connectivity index (χ3v) is 3.94. The molecule has 2 rings (SSSR count). The average Bonchev–Trinajstić information content (AvgIpc) is 2.60. The Morgan fingerprint density at radius 2 is 1.96 bits per heavy atom. The third-order valence-electron chi connectivity index (χ3n) is 3.94. The van der Waals surface area contributed by atoms with Gasteiger partial charge >= 0.3 is 0 Å². The molecule has 0 saturated heterocycles. The smallest absolute Gasteiger partial charge is 0.261 e. The molecule has 0 spiro atoms. The highest BCUT2D eigenvalue weighted by Gasteiger charge is 2.15. The highest BCUT2D eigenvalue weighted by atomic mass is 16.5. The molecule has 1 N–H and O–H groups in total. The predicted molar refractivity (Wildman–Crippen MR) is 101 cm³/mol. The molecule has 5 nitrogen and oxygen atoms in total. The molecular weight excluding hydrogens is 314 g/mol. The summed E-state index contributed by atoms with van der Waals surface area (Å²) in [6, 6.07) is 11.8. The molecule has 1 aromatic heterocycles. The van der Waals surface area contributed by atoms with E-state index in [4.69, 9.17) is 4.74 Å². The van der Waals surface area contributed by atoms with Crippen molar-refractivity contribution in [3.8, 4) is 5.75 Å². The summed E-state index contributed by atoms with van der Waals surface area (Å²) in [4.78, 5) is 18.5. The second kappa shape index (κ2) is 8.51. The average molecular weight is 341 g/mol. The monoisotopic (exact) mass is 341 g/mol. The van der Waals surface area contributed by atoms with E-state index >= 15 is 0 Å². The first kappa shape index (κ1) is 18.8. The zero-order chi connectivity index (χ0) is 18.4. The molecule has 0 fully saturated rings. The summed E-state index contributed by atoms with van der Waals surface area (Å²) in [5.74, 6) is 1.87. The van der Waals surface area contributed by atoms with Crippen molar-refractivity contribution in [2.75, 3.05) is 19.0 Å². The molecule has 1 atom stereocenters. The minimum Gasteiger partial charge on any atom is -0.481 e. The summed E-state index contributed by atoms with van der Waals surface area (Å²) in [6.07, 6.45) is 1.21. The van der Waals surface area contributed by atoms with Crippen molar-refractivity contribution >= 4 is 11.7 Å². The Balaban J connectivity index is 1.88. The number of hydrogen-bond donors (Lipinski definition) is 1. The minimum atomic E-state index is -0.559. The fourth-order valence-electron chi connectivity index (χ4n) is 2.32. The van der Waals surface area contributed by atoms with Crippen LogP contribution in [0, 0.1) is 0 Å². The molecule has 134 valence electrons. The first-order valence-corrected chi connectivity index (χ1v) is 8.53. The number of carbonyl (C=O) groups excluding carboxylic acids is 1. The number of anilines is 1. The van der Waals surface area contributed by atoms with Crippen molar-refractivity contribution in [3.05, 3.63) is 53.7 Å². The normalized spacial score (nSPS) is 11.9. The zero-order valence-electron chi connectivity index (χ0n) is 15.6.